The Bertz CT molecular complexity index is 3130. The Labute approximate surface area is 399 Å². The molecule has 0 saturated heterocycles. The number of anilines is 2. The Morgan fingerprint density at radius 2 is 1.04 bits per heavy atom. The summed E-state index contributed by atoms with van der Waals surface area (Å²) in [6.07, 6.45) is 4.30. The monoisotopic (exact) mass is 885 g/mol. The van der Waals surface area contributed by atoms with Gasteiger partial charge in [0.05, 0.1) is 17.7 Å². The van der Waals surface area contributed by atoms with Crippen molar-refractivity contribution in [2.24, 2.45) is 5.41 Å². The highest BCUT2D eigenvalue weighted by molar-refractivity contribution is 6.10. The van der Waals surface area contributed by atoms with Crippen LogP contribution in [0, 0.1) is 5.41 Å². The van der Waals surface area contributed by atoms with Gasteiger partial charge in [-0.1, -0.05) is 169 Å². The molecule has 67 heavy (non-hydrogen) atoms. The van der Waals surface area contributed by atoms with Gasteiger partial charge in [-0.2, -0.15) is 0 Å². The molecule has 1 aliphatic heterocycles. The summed E-state index contributed by atoms with van der Waals surface area (Å²) in [5.74, 6) is 2.45. The summed E-state index contributed by atoms with van der Waals surface area (Å²) in [6.45, 7) is 30.5. The third kappa shape index (κ3) is 8.77. The van der Waals surface area contributed by atoms with Gasteiger partial charge < -0.3 is 14.5 Å². The number of nitrogens with zero attached hydrogens (tertiary/aromatic N) is 4. The second-order valence-electron chi connectivity index (χ2n) is 22.8. The lowest BCUT2D eigenvalue weighted by molar-refractivity contribution is 0.479. The van der Waals surface area contributed by atoms with Crippen molar-refractivity contribution >= 4 is 33.2 Å². The van der Waals surface area contributed by atoms with E-state index in [-0.39, 0.29) is 27.1 Å². The molecule has 8 aromatic rings. The number of ether oxygens (including phenoxy) is 1. The van der Waals surface area contributed by atoms with E-state index < -0.39 is 0 Å². The number of benzene rings is 6. The summed E-state index contributed by atoms with van der Waals surface area (Å²) in [5.41, 5.74) is 12.7. The molecule has 0 N–H and O–H groups in total. The lowest BCUT2D eigenvalue weighted by atomic mass is 9.78. The highest BCUT2D eigenvalue weighted by atomic mass is 16.5. The van der Waals surface area contributed by atoms with Crippen LogP contribution in [-0.2, 0) is 21.7 Å². The quantitative estimate of drug-likeness (QED) is 0.145. The Balaban J connectivity index is 1.16. The zero-order valence-electron chi connectivity index (χ0n) is 42.0. The first-order chi connectivity index (χ1) is 31.6. The van der Waals surface area contributed by atoms with Crippen LogP contribution < -0.4 is 14.5 Å². The molecule has 0 unspecified atom stereocenters. The minimum atomic E-state index is -0.236. The Morgan fingerprint density at radius 3 is 1.67 bits per heavy atom. The minimum Gasteiger partial charge on any atom is -0.457 e. The highest BCUT2D eigenvalue weighted by Crippen LogP contribution is 2.44. The number of allylic oxidation sites excluding steroid dienone is 1. The molecule has 0 bridgehead atoms. The Morgan fingerprint density at radius 1 is 0.433 bits per heavy atom. The molecular formula is C62H68N4O. The summed E-state index contributed by atoms with van der Waals surface area (Å²) in [5, 5.41) is 2.34. The van der Waals surface area contributed by atoms with Gasteiger partial charge in [-0.15, -0.1) is 0 Å². The van der Waals surface area contributed by atoms with Crippen molar-refractivity contribution in [1.29, 1.82) is 0 Å². The Kier molecular flexibility index (Phi) is 11.3. The highest BCUT2D eigenvalue weighted by Gasteiger charge is 2.33. The SMILES string of the molecule is CC(C)(C)C1=CN(c2cc(Oc3ccc4c5cc(C(C)(C)c6ccccc6)ccc5n(-c5cc(C(C)(C)c6ccccc6)ccn5)c4c3)cc(C(C)(C)C)c2)CN1c1cccc(C(C)(C)C)c1. The first-order valence-electron chi connectivity index (χ1n) is 24.0. The molecule has 1 aliphatic rings. The first kappa shape index (κ1) is 45.6. The van der Waals surface area contributed by atoms with Crippen LogP contribution in [0.25, 0.3) is 27.6 Å². The molecule has 0 aliphatic carbocycles. The molecule has 5 nitrogen and oxygen atoms in total. The van der Waals surface area contributed by atoms with E-state index in [1.54, 1.807) is 0 Å². The predicted octanol–water partition coefficient (Wildman–Crippen LogP) is 16.4. The number of fused-ring (bicyclic) bond motifs is 3. The molecular weight excluding hydrogens is 817 g/mol. The van der Waals surface area contributed by atoms with Crippen molar-refractivity contribution < 1.29 is 4.74 Å². The van der Waals surface area contributed by atoms with Gasteiger partial charge in [-0.3, -0.25) is 4.57 Å². The number of rotatable bonds is 9. The number of hydrogen-bond donors (Lipinski definition) is 0. The van der Waals surface area contributed by atoms with E-state index in [0.717, 1.165) is 39.4 Å². The molecule has 3 heterocycles. The second-order valence-corrected chi connectivity index (χ2v) is 22.8. The van der Waals surface area contributed by atoms with E-state index in [2.05, 4.69) is 262 Å². The van der Waals surface area contributed by atoms with E-state index in [9.17, 15) is 0 Å². The molecule has 0 spiro atoms. The average Bonchev–Trinajstić information content (AvgIpc) is 3.90. The topological polar surface area (TPSA) is 33.5 Å². The van der Waals surface area contributed by atoms with Gasteiger partial charge in [0.1, 0.15) is 17.3 Å². The van der Waals surface area contributed by atoms with E-state index in [1.807, 2.05) is 6.20 Å². The summed E-state index contributed by atoms with van der Waals surface area (Å²) in [7, 11) is 0. The fraction of sp³-hybridized carbons (Fsp3) is 0.306. The van der Waals surface area contributed by atoms with Crippen LogP contribution in [0.1, 0.15) is 123 Å². The maximum absolute atomic E-state index is 7.05. The van der Waals surface area contributed by atoms with Gasteiger partial charge in [0.15, 0.2) is 0 Å². The van der Waals surface area contributed by atoms with Crippen molar-refractivity contribution in [3.8, 4) is 17.3 Å². The third-order valence-electron chi connectivity index (χ3n) is 14.1. The molecule has 6 aromatic carbocycles. The van der Waals surface area contributed by atoms with Gasteiger partial charge in [0, 0.05) is 68.6 Å². The number of hydrogen-bond acceptors (Lipinski definition) is 4. The standard InChI is InChI=1S/C62H68N4O/c1-58(2,3)44-25-20-26-48(33-44)65-41-64(40-56(65)60(7,8)9)49-34-47(59(4,5)6)35-51(38-49)67-50-28-29-52-53-36-45(61(10,11)42-21-16-14-17-22-42)27-30-54(53)66(55(52)39-50)57-37-46(31-32-63-57)62(12,13)43-23-18-15-19-24-43/h14-40H,41H2,1-13H3. The van der Waals surface area contributed by atoms with Crippen LogP contribution in [0.5, 0.6) is 11.5 Å². The number of aromatic nitrogens is 2. The predicted molar refractivity (Wildman–Crippen MR) is 283 cm³/mol. The lowest BCUT2D eigenvalue weighted by Gasteiger charge is -2.32. The molecule has 2 aromatic heterocycles. The summed E-state index contributed by atoms with van der Waals surface area (Å²) >= 11 is 0. The van der Waals surface area contributed by atoms with E-state index in [1.165, 1.54) is 50.2 Å². The van der Waals surface area contributed by atoms with Crippen LogP contribution in [0.2, 0.25) is 0 Å². The summed E-state index contributed by atoms with van der Waals surface area (Å²) < 4.78 is 9.37. The largest absolute Gasteiger partial charge is 0.457 e. The lowest BCUT2D eigenvalue weighted by Crippen LogP contribution is -2.31. The zero-order chi connectivity index (χ0) is 47.7. The van der Waals surface area contributed by atoms with Gasteiger partial charge in [0.25, 0.3) is 0 Å². The van der Waals surface area contributed by atoms with Crippen molar-refractivity contribution in [1.82, 2.24) is 9.55 Å². The minimum absolute atomic E-state index is 0.0494. The molecule has 0 atom stereocenters. The molecule has 5 heteroatoms. The molecule has 0 radical (unpaired) electrons. The molecule has 0 fully saturated rings. The normalized spacial score (nSPS) is 14.0. The van der Waals surface area contributed by atoms with Crippen molar-refractivity contribution in [2.75, 3.05) is 16.5 Å². The van der Waals surface area contributed by atoms with Crippen LogP contribution >= 0.6 is 0 Å². The van der Waals surface area contributed by atoms with E-state index in [0.29, 0.717) is 6.67 Å². The fourth-order valence-electron chi connectivity index (χ4n) is 9.65. The molecule has 0 saturated carbocycles. The van der Waals surface area contributed by atoms with Crippen LogP contribution in [0.4, 0.5) is 11.4 Å². The molecule has 9 rings (SSSR count). The molecule has 0 amide bonds. The third-order valence-corrected chi connectivity index (χ3v) is 14.1. The van der Waals surface area contributed by atoms with Crippen molar-refractivity contribution in [2.45, 2.75) is 112 Å². The van der Waals surface area contributed by atoms with E-state index >= 15 is 0 Å². The maximum Gasteiger partial charge on any atom is 0.137 e. The fourth-order valence-corrected chi connectivity index (χ4v) is 9.65. The van der Waals surface area contributed by atoms with Gasteiger partial charge in [-0.25, -0.2) is 4.98 Å². The second kappa shape index (κ2) is 16.6. The smallest absolute Gasteiger partial charge is 0.137 e. The van der Waals surface area contributed by atoms with E-state index in [4.69, 9.17) is 9.72 Å². The summed E-state index contributed by atoms with van der Waals surface area (Å²) in [6, 6.07) is 55.3. The van der Waals surface area contributed by atoms with Crippen LogP contribution in [-0.4, -0.2) is 16.2 Å². The zero-order valence-corrected chi connectivity index (χ0v) is 42.0. The van der Waals surface area contributed by atoms with Gasteiger partial charge >= 0.3 is 0 Å². The van der Waals surface area contributed by atoms with Crippen LogP contribution in [0.3, 0.4) is 0 Å². The maximum atomic E-state index is 7.05. The Hall–Kier alpha value is -6.59. The number of pyridine rings is 1. The van der Waals surface area contributed by atoms with Crippen molar-refractivity contribution in [3.63, 3.8) is 0 Å². The van der Waals surface area contributed by atoms with Gasteiger partial charge in [0.2, 0.25) is 0 Å². The first-order valence-corrected chi connectivity index (χ1v) is 24.0. The van der Waals surface area contributed by atoms with Crippen molar-refractivity contribution in [3.05, 3.63) is 203 Å². The van der Waals surface area contributed by atoms with Gasteiger partial charge in [-0.05, 0) is 105 Å². The molecule has 342 valence electrons. The van der Waals surface area contributed by atoms with Crippen LogP contribution in [0.15, 0.2) is 170 Å². The summed E-state index contributed by atoms with van der Waals surface area (Å²) in [4.78, 5) is 9.95. The average molecular weight is 885 g/mol.